The molecule has 1 heterocycles. The minimum Gasteiger partial charge on any atom is -0.487 e. The molecule has 0 unspecified atom stereocenters. The fourth-order valence-electron chi connectivity index (χ4n) is 2.23. The van der Waals surface area contributed by atoms with Crippen LogP contribution in [0.15, 0.2) is 18.2 Å². The maximum atomic E-state index is 10.4. The van der Waals surface area contributed by atoms with Gasteiger partial charge in [-0.15, -0.1) is 0 Å². The van der Waals surface area contributed by atoms with E-state index in [9.17, 15) is 4.79 Å². The number of primary amides is 1. The molecule has 3 N–H and O–H groups in total. The number of nitrogens with two attached hydrogens (primary N) is 1. The Morgan fingerprint density at radius 2 is 2.32 bits per heavy atom. The van der Waals surface area contributed by atoms with Crippen LogP contribution in [0.3, 0.4) is 0 Å². The highest BCUT2D eigenvalue weighted by Gasteiger charge is 2.29. The first-order valence-electron chi connectivity index (χ1n) is 6.40. The number of benzene rings is 1. The van der Waals surface area contributed by atoms with Crippen molar-refractivity contribution in [2.24, 2.45) is 5.73 Å². The normalized spacial score (nSPS) is 15.7. The molecule has 5 heteroatoms. The molecule has 1 aromatic carbocycles. The predicted molar refractivity (Wildman–Crippen MR) is 72.1 cm³/mol. The van der Waals surface area contributed by atoms with Gasteiger partial charge >= 0.3 is 6.09 Å². The van der Waals surface area contributed by atoms with Gasteiger partial charge in [0.1, 0.15) is 18.0 Å². The fourth-order valence-corrected chi connectivity index (χ4v) is 2.23. The third-order valence-electron chi connectivity index (χ3n) is 2.98. The first-order chi connectivity index (χ1) is 8.96. The van der Waals surface area contributed by atoms with E-state index in [1.54, 1.807) is 0 Å². The number of nitrogens with one attached hydrogen (secondary N) is 1. The molecule has 2 rings (SSSR count). The topological polar surface area (TPSA) is 73.6 Å². The molecule has 0 bridgehead atoms. The number of carbonyl (C=O) groups is 1. The minimum atomic E-state index is -0.737. The number of rotatable bonds is 5. The summed E-state index contributed by atoms with van der Waals surface area (Å²) in [5.41, 5.74) is 7.20. The van der Waals surface area contributed by atoms with Gasteiger partial charge in [-0.2, -0.15) is 0 Å². The number of ether oxygens (including phenoxy) is 2. The van der Waals surface area contributed by atoms with Crippen molar-refractivity contribution in [2.45, 2.75) is 32.4 Å². The van der Waals surface area contributed by atoms with E-state index >= 15 is 0 Å². The van der Waals surface area contributed by atoms with E-state index < -0.39 is 6.09 Å². The van der Waals surface area contributed by atoms with Crippen LogP contribution < -0.4 is 15.8 Å². The zero-order valence-corrected chi connectivity index (χ0v) is 11.4. The van der Waals surface area contributed by atoms with Gasteiger partial charge in [0.05, 0.1) is 0 Å². The number of amides is 1. The molecular formula is C14H20N2O3. The van der Waals surface area contributed by atoms with Gasteiger partial charge in [-0.1, -0.05) is 12.1 Å². The highest BCUT2D eigenvalue weighted by atomic mass is 16.5. The van der Waals surface area contributed by atoms with Crippen LogP contribution in [0.2, 0.25) is 0 Å². The highest BCUT2D eigenvalue weighted by Crippen LogP contribution is 2.35. The molecule has 104 valence electrons. The van der Waals surface area contributed by atoms with Crippen LogP contribution in [-0.2, 0) is 17.7 Å². The van der Waals surface area contributed by atoms with E-state index in [1.807, 2.05) is 12.1 Å². The largest absolute Gasteiger partial charge is 0.487 e. The average molecular weight is 264 g/mol. The van der Waals surface area contributed by atoms with Crippen molar-refractivity contribution in [3.63, 3.8) is 0 Å². The fraction of sp³-hybridized carbons (Fsp3) is 0.500. The maximum Gasteiger partial charge on any atom is 0.404 e. The monoisotopic (exact) mass is 264 g/mol. The van der Waals surface area contributed by atoms with E-state index in [2.05, 4.69) is 30.0 Å². The van der Waals surface area contributed by atoms with Crippen LogP contribution in [0.4, 0.5) is 4.79 Å². The van der Waals surface area contributed by atoms with Crippen molar-refractivity contribution < 1.29 is 14.3 Å². The molecule has 0 radical (unpaired) electrons. The van der Waals surface area contributed by atoms with Crippen molar-refractivity contribution in [2.75, 3.05) is 13.2 Å². The minimum absolute atomic E-state index is 0.107. The Kier molecular flexibility index (Phi) is 3.95. The average Bonchev–Trinajstić information content (AvgIpc) is 2.61. The lowest BCUT2D eigenvalue weighted by atomic mass is 10.0. The molecule has 1 aliphatic rings. The van der Waals surface area contributed by atoms with E-state index in [-0.39, 0.29) is 12.2 Å². The van der Waals surface area contributed by atoms with Crippen molar-refractivity contribution in [1.29, 1.82) is 0 Å². The lowest BCUT2D eigenvalue weighted by Crippen LogP contribution is -2.24. The summed E-state index contributed by atoms with van der Waals surface area (Å²) in [6, 6.07) is 6.22. The summed E-state index contributed by atoms with van der Waals surface area (Å²) in [5, 5.41) is 3.20. The molecule has 1 aliphatic heterocycles. The first kappa shape index (κ1) is 13.7. The molecule has 1 aromatic rings. The van der Waals surface area contributed by atoms with Gasteiger partial charge in [0.15, 0.2) is 0 Å². The van der Waals surface area contributed by atoms with E-state index in [0.717, 1.165) is 18.7 Å². The van der Waals surface area contributed by atoms with Crippen LogP contribution in [0.5, 0.6) is 5.75 Å². The molecule has 0 fully saturated rings. The van der Waals surface area contributed by atoms with Crippen LogP contribution in [0.25, 0.3) is 0 Å². The summed E-state index contributed by atoms with van der Waals surface area (Å²) in [6.07, 6.45) is 0.194. The van der Waals surface area contributed by atoms with Crippen LogP contribution >= 0.6 is 0 Å². The van der Waals surface area contributed by atoms with Crippen molar-refractivity contribution >= 4 is 6.09 Å². The Balaban J connectivity index is 1.82. The number of hydrogen-bond acceptors (Lipinski definition) is 4. The summed E-state index contributed by atoms with van der Waals surface area (Å²) in [5.74, 6) is 0.978. The molecule has 0 aliphatic carbocycles. The third-order valence-corrected chi connectivity index (χ3v) is 2.98. The Morgan fingerprint density at radius 3 is 3.05 bits per heavy atom. The van der Waals surface area contributed by atoms with E-state index in [0.29, 0.717) is 6.54 Å². The Morgan fingerprint density at radius 1 is 1.53 bits per heavy atom. The quantitative estimate of drug-likeness (QED) is 0.792. The van der Waals surface area contributed by atoms with Gasteiger partial charge in [0.25, 0.3) is 0 Å². The second kappa shape index (κ2) is 5.48. The molecule has 1 amide bonds. The number of carbonyl (C=O) groups excluding carboxylic acids is 1. The van der Waals surface area contributed by atoms with Crippen LogP contribution in [0.1, 0.15) is 25.0 Å². The van der Waals surface area contributed by atoms with Gasteiger partial charge in [-0.05, 0) is 31.0 Å². The summed E-state index contributed by atoms with van der Waals surface area (Å²) < 4.78 is 10.5. The Labute approximate surface area is 113 Å². The first-order valence-corrected chi connectivity index (χ1v) is 6.40. The summed E-state index contributed by atoms with van der Waals surface area (Å²) in [4.78, 5) is 10.4. The predicted octanol–water partition coefficient (Wildman–Crippen LogP) is 1.58. The van der Waals surface area contributed by atoms with Gasteiger partial charge < -0.3 is 20.5 Å². The van der Waals surface area contributed by atoms with Gasteiger partial charge in [-0.25, -0.2) is 4.79 Å². The summed E-state index contributed by atoms with van der Waals surface area (Å²) in [7, 11) is 0. The molecule has 0 aromatic heterocycles. The van der Waals surface area contributed by atoms with Crippen LogP contribution in [-0.4, -0.2) is 24.8 Å². The Hall–Kier alpha value is -1.75. The maximum absolute atomic E-state index is 10.4. The molecule has 0 saturated heterocycles. The zero-order valence-electron chi connectivity index (χ0n) is 11.4. The van der Waals surface area contributed by atoms with Gasteiger partial charge in [0.2, 0.25) is 0 Å². The van der Waals surface area contributed by atoms with E-state index in [1.165, 1.54) is 11.1 Å². The molecule has 5 nitrogen and oxygen atoms in total. The third kappa shape index (κ3) is 3.86. The number of fused-ring (bicyclic) bond motifs is 1. The standard InChI is InChI=1S/C14H20N2O3/c1-14(2)8-11-7-10(3-4-12(11)19-14)9-16-5-6-18-13(15)17/h3-4,7,16H,5-6,8-9H2,1-2H3,(H2,15,17). The molecule has 0 saturated carbocycles. The van der Waals surface area contributed by atoms with Crippen molar-refractivity contribution in [3.05, 3.63) is 29.3 Å². The summed E-state index contributed by atoms with van der Waals surface area (Å²) >= 11 is 0. The Bertz CT molecular complexity index is 472. The molecular weight excluding hydrogens is 244 g/mol. The van der Waals surface area contributed by atoms with Gasteiger partial charge in [0, 0.05) is 19.5 Å². The SMILES string of the molecule is CC1(C)Cc2cc(CNCCOC(N)=O)ccc2O1. The van der Waals surface area contributed by atoms with Crippen LogP contribution in [0, 0.1) is 0 Å². The van der Waals surface area contributed by atoms with E-state index in [4.69, 9.17) is 10.5 Å². The van der Waals surface area contributed by atoms with Crippen molar-refractivity contribution in [3.8, 4) is 5.75 Å². The second-order valence-electron chi connectivity index (χ2n) is 5.32. The molecule has 19 heavy (non-hydrogen) atoms. The van der Waals surface area contributed by atoms with Gasteiger partial charge in [-0.3, -0.25) is 0 Å². The summed E-state index contributed by atoms with van der Waals surface area (Å²) in [6.45, 7) is 5.78. The molecule has 0 spiro atoms. The van der Waals surface area contributed by atoms with Crippen molar-refractivity contribution in [1.82, 2.24) is 5.32 Å². The highest BCUT2D eigenvalue weighted by molar-refractivity contribution is 5.64. The smallest absolute Gasteiger partial charge is 0.404 e. The second-order valence-corrected chi connectivity index (χ2v) is 5.32. The molecule has 0 atom stereocenters. The lowest BCUT2D eigenvalue weighted by Gasteiger charge is -2.16. The zero-order chi connectivity index (χ0) is 13.9. The number of hydrogen-bond donors (Lipinski definition) is 2. The lowest BCUT2D eigenvalue weighted by molar-refractivity contribution is 0.138.